The predicted octanol–water partition coefficient (Wildman–Crippen LogP) is 5.77. The predicted molar refractivity (Wildman–Crippen MR) is 92.2 cm³/mol. The van der Waals surface area contributed by atoms with Crippen LogP contribution in [0, 0.1) is 0 Å². The highest BCUT2D eigenvalue weighted by atomic mass is 79.9. The average molecular weight is 429 g/mol. The monoisotopic (exact) mass is 426 g/mol. The molecule has 1 aromatic heterocycles. The van der Waals surface area contributed by atoms with Crippen molar-refractivity contribution in [1.29, 1.82) is 0 Å². The van der Waals surface area contributed by atoms with E-state index in [1.165, 1.54) is 0 Å². The molecule has 3 nitrogen and oxygen atoms in total. The maximum atomic E-state index is 5.96. The number of aromatic nitrogens is 1. The van der Waals surface area contributed by atoms with Crippen molar-refractivity contribution in [2.75, 3.05) is 5.73 Å². The Bertz CT molecular complexity index is 780. The first-order valence-electron chi connectivity index (χ1n) is 6.02. The Morgan fingerprint density at radius 2 is 1.57 bits per heavy atom. The Morgan fingerprint density at radius 3 is 2.19 bits per heavy atom. The summed E-state index contributed by atoms with van der Waals surface area (Å²) >= 11 is 12.9. The Balaban J connectivity index is 2.19. The van der Waals surface area contributed by atoms with E-state index >= 15 is 0 Å². The molecule has 0 aliphatic carbocycles. The van der Waals surface area contributed by atoms with E-state index < -0.39 is 0 Å². The van der Waals surface area contributed by atoms with Gasteiger partial charge in [0.25, 0.3) is 0 Å². The highest BCUT2D eigenvalue weighted by Gasteiger charge is 2.18. The molecule has 0 saturated carbocycles. The van der Waals surface area contributed by atoms with Crippen molar-refractivity contribution in [3.05, 3.63) is 56.4 Å². The minimum Gasteiger partial charge on any atom is -0.380 e. The van der Waals surface area contributed by atoms with Crippen molar-refractivity contribution in [2.45, 2.75) is 0 Å². The fourth-order valence-electron chi connectivity index (χ4n) is 2.08. The lowest BCUT2D eigenvalue weighted by molar-refractivity contribution is 0.436. The summed E-state index contributed by atoms with van der Waals surface area (Å²) in [7, 11) is 0. The summed E-state index contributed by atoms with van der Waals surface area (Å²) in [5, 5.41) is 4.56. The molecule has 0 unspecified atom stereocenters. The summed E-state index contributed by atoms with van der Waals surface area (Å²) < 4.78 is 7.29. The van der Waals surface area contributed by atoms with Gasteiger partial charge in [0.2, 0.25) is 0 Å². The van der Waals surface area contributed by atoms with Crippen molar-refractivity contribution < 1.29 is 4.52 Å². The molecule has 0 spiro atoms. The number of rotatable bonds is 2. The molecule has 21 heavy (non-hydrogen) atoms. The molecule has 1 heterocycles. The maximum Gasteiger partial charge on any atom is 0.176 e. The Kier molecular flexibility index (Phi) is 4.06. The van der Waals surface area contributed by atoms with Crippen LogP contribution in [0.15, 0.2) is 55.9 Å². The van der Waals surface area contributed by atoms with Gasteiger partial charge in [0, 0.05) is 19.5 Å². The molecule has 2 aromatic carbocycles. The van der Waals surface area contributed by atoms with Gasteiger partial charge in [-0.2, -0.15) is 0 Å². The SMILES string of the molecule is Nc1noc(-c2cc(Br)cc(Br)c2)c1-c1ccc(Cl)cc1. The minimum absolute atomic E-state index is 0.350. The van der Waals surface area contributed by atoms with E-state index in [9.17, 15) is 0 Å². The fraction of sp³-hybridized carbons (Fsp3) is 0. The van der Waals surface area contributed by atoms with Crippen LogP contribution in [0.1, 0.15) is 0 Å². The Labute approximate surface area is 143 Å². The van der Waals surface area contributed by atoms with Gasteiger partial charge < -0.3 is 10.3 Å². The van der Waals surface area contributed by atoms with Gasteiger partial charge in [0.05, 0.1) is 5.56 Å². The van der Waals surface area contributed by atoms with Crippen molar-refractivity contribution >= 4 is 49.3 Å². The number of hydrogen-bond donors (Lipinski definition) is 1. The van der Waals surface area contributed by atoms with Gasteiger partial charge in [-0.25, -0.2) is 0 Å². The van der Waals surface area contributed by atoms with Gasteiger partial charge in [-0.05, 0) is 35.9 Å². The van der Waals surface area contributed by atoms with Crippen molar-refractivity contribution in [3.63, 3.8) is 0 Å². The summed E-state index contributed by atoms with van der Waals surface area (Å²) in [6.07, 6.45) is 0. The molecule has 0 aliphatic heterocycles. The zero-order chi connectivity index (χ0) is 15.0. The minimum atomic E-state index is 0.350. The Hall–Kier alpha value is -1.30. The zero-order valence-electron chi connectivity index (χ0n) is 10.6. The molecule has 0 radical (unpaired) electrons. The fourth-order valence-corrected chi connectivity index (χ4v) is 3.50. The second-order valence-corrected chi connectivity index (χ2v) is 6.70. The Morgan fingerprint density at radius 1 is 0.952 bits per heavy atom. The molecule has 0 amide bonds. The molecule has 0 aliphatic rings. The summed E-state index contributed by atoms with van der Waals surface area (Å²) in [6.45, 7) is 0. The normalized spacial score (nSPS) is 10.8. The number of nitrogens with two attached hydrogens (primary N) is 1. The lowest BCUT2D eigenvalue weighted by Gasteiger charge is -2.04. The molecule has 106 valence electrons. The lowest BCUT2D eigenvalue weighted by Crippen LogP contribution is -1.89. The second kappa shape index (κ2) is 5.83. The smallest absolute Gasteiger partial charge is 0.176 e. The van der Waals surface area contributed by atoms with E-state index in [0.717, 1.165) is 25.6 Å². The summed E-state index contributed by atoms with van der Waals surface area (Å²) in [4.78, 5) is 0. The molecule has 3 rings (SSSR count). The number of halogens is 3. The first-order valence-corrected chi connectivity index (χ1v) is 7.98. The van der Waals surface area contributed by atoms with E-state index in [4.69, 9.17) is 21.9 Å². The van der Waals surface area contributed by atoms with Crippen LogP contribution in [0.2, 0.25) is 5.02 Å². The summed E-state index contributed by atoms with van der Waals surface area (Å²) in [6, 6.07) is 13.2. The van der Waals surface area contributed by atoms with Gasteiger partial charge in [-0.1, -0.05) is 60.8 Å². The largest absolute Gasteiger partial charge is 0.380 e. The molecule has 0 fully saturated rings. The number of nitrogens with zero attached hydrogens (tertiary/aromatic N) is 1. The van der Waals surface area contributed by atoms with Crippen LogP contribution in [0.5, 0.6) is 0 Å². The van der Waals surface area contributed by atoms with Crippen molar-refractivity contribution in [1.82, 2.24) is 5.16 Å². The molecule has 0 saturated heterocycles. The first kappa shape index (κ1) is 14.6. The van der Waals surface area contributed by atoms with E-state index in [-0.39, 0.29) is 0 Å². The highest BCUT2D eigenvalue weighted by Crippen LogP contribution is 2.38. The molecule has 3 aromatic rings. The lowest BCUT2D eigenvalue weighted by atomic mass is 10.0. The zero-order valence-corrected chi connectivity index (χ0v) is 14.5. The first-order chi connectivity index (χ1) is 10.0. The number of anilines is 1. The van der Waals surface area contributed by atoms with Crippen LogP contribution in [-0.4, -0.2) is 5.16 Å². The molecule has 2 N–H and O–H groups in total. The van der Waals surface area contributed by atoms with Crippen molar-refractivity contribution in [3.8, 4) is 22.5 Å². The van der Waals surface area contributed by atoms with E-state index in [0.29, 0.717) is 16.6 Å². The average Bonchev–Trinajstić information content (AvgIpc) is 2.80. The third-order valence-corrected chi connectivity index (χ3v) is 4.14. The van der Waals surface area contributed by atoms with Crippen LogP contribution in [0.4, 0.5) is 5.82 Å². The number of hydrogen-bond acceptors (Lipinski definition) is 3. The van der Waals surface area contributed by atoms with Crippen LogP contribution in [0.3, 0.4) is 0 Å². The highest BCUT2D eigenvalue weighted by molar-refractivity contribution is 9.11. The third-order valence-electron chi connectivity index (χ3n) is 2.98. The quantitative estimate of drug-likeness (QED) is 0.564. The van der Waals surface area contributed by atoms with Crippen LogP contribution < -0.4 is 5.73 Å². The second-order valence-electron chi connectivity index (χ2n) is 4.44. The molecular formula is C15H9Br2ClN2O. The number of benzene rings is 2. The topological polar surface area (TPSA) is 52.0 Å². The van der Waals surface area contributed by atoms with Crippen molar-refractivity contribution in [2.24, 2.45) is 0 Å². The molecule has 0 atom stereocenters. The van der Waals surface area contributed by atoms with E-state index in [1.54, 1.807) is 0 Å². The summed E-state index contributed by atoms with van der Waals surface area (Å²) in [5.74, 6) is 0.972. The maximum absolute atomic E-state index is 5.96. The van der Waals surface area contributed by atoms with E-state index in [2.05, 4.69) is 37.0 Å². The van der Waals surface area contributed by atoms with Gasteiger partial charge in [-0.15, -0.1) is 0 Å². The summed E-state index contributed by atoms with van der Waals surface area (Å²) in [5.41, 5.74) is 8.51. The van der Waals surface area contributed by atoms with Crippen LogP contribution in [-0.2, 0) is 0 Å². The molecule has 6 heteroatoms. The molecular weight excluding hydrogens is 419 g/mol. The van der Waals surface area contributed by atoms with Crippen LogP contribution in [0.25, 0.3) is 22.5 Å². The van der Waals surface area contributed by atoms with Crippen LogP contribution >= 0.6 is 43.5 Å². The third kappa shape index (κ3) is 3.00. The van der Waals surface area contributed by atoms with Gasteiger partial charge >= 0.3 is 0 Å². The molecule has 0 bridgehead atoms. The van der Waals surface area contributed by atoms with E-state index in [1.807, 2.05) is 42.5 Å². The van der Waals surface area contributed by atoms with Gasteiger partial charge in [0.15, 0.2) is 11.6 Å². The number of nitrogen functional groups attached to an aromatic ring is 1. The van der Waals surface area contributed by atoms with Gasteiger partial charge in [0.1, 0.15) is 0 Å². The standard InChI is InChI=1S/C15H9Br2ClN2O/c16-10-5-9(6-11(17)7-10)14-13(15(19)20-21-14)8-1-3-12(18)4-2-8/h1-7H,(H2,19,20). The van der Waals surface area contributed by atoms with Gasteiger partial charge in [-0.3, -0.25) is 0 Å².